The van der Waals surface area contributed by atoms with Crippen molar-refractivity contribution in [1.29, 1.82) is 0 Å². The van der Waals surface area contributed by atoms with E-state index in [4.69, 9.17) is 9.15 Å². The fourth-order valence-electron chi connectivity index (χ4n) is 3.22. The number of carbonyl (C=O) groups is 1. The van der Waals surface area contributed by atoms with E-state index in [0.29, 0.717) is 18.8 Å². The van der Waals surface area contributed by atoms with Crippen molar-refractivity contribution in [2.75, 3.05) is 0 Å². The van der Waals surface area contributed by atoms with Gasteiger partial charge in [-0.1, -0.05) is 24.3 Å². The normalized spacial score (nSPS) is 14.2. The Balaban J connectivity index is 1.52. The maximum Gasteiger partial charge on any atom is 0.475 e. The molecule has 6 nitrogen and oxygen atoms in total. The first kappa shape index (κ1) is 16.8. The maximum absolute atomic E-state index is 12.6. The van der Waals surface area contributed by atoms with E-state index in [1.54, 1.807) is 18.4 Å². The molecule has 1 amide bonds. The molecule has 3 N–H and O–H groups in total. The second-order valence-electron chi connectivity index (χ2n) is 6.43. The smallest absolute Gasteiger partial charge is 0.464 e. The topological polar surface area (TPSA) is 91.9 Å². The number of rotatable bonds is 5. The van der Waals surface area contributed by atoms with Gasteiger partial charge in [-0.3, -0.25) is 4.79 Å². The monoisotopic (exact) mass is 351 g/mol. The van der Waals surface area contributed by atoms with Crippen LogP contribution < -0.4 is 5.32 Å². The SMILES string of the molecule is O=C(N[C@@H](Cc1coc2ccccc12)B(O)O)c1ccc2c(c1)COC2. The van der Waals surface area contributed by atoms with Crippen LogP contribution in [-0.2, 0) is 24.4 Å². The molecule has 7 heteroatoms. The first-order valence-electron chi connectivity index (χ1n) is 8.43. The number of benzene rings is 2. The number of furan rings is 1. The Labute approximate surface area is 150 Å². The van der Waals surface area contributed by atoms with Crippen LogP contribution in [0.5, 0.6) is 0 Å². The third-order valence-electron chi connectivity index (χ3n) is 4.66. The first-order chi connectivity index (χ1) is 12.6. The third kappa shape index (κ3) is 3.24. The standard InChI is InChI=1S/C19H18BNO5/c22-19(12-5-6-13-9-25-10-14(13)7-12)21-18(20(23)24)8-15-11-26-17-4-2-1-3-16(15)17/h1-7,11,18,23-24H,8-10H2,(H,21,22)/t18-/m0/s1. The van der Waals surface area contributed by atoms with Gasteiger partial charge < -0.3 is 24.5 Å². The van der Waals surface area contributed by atoms with Gasteiger partial charge in [-0.2, -0.15) is 0 Å². The Bertz CT molecular complexity index is 952. The number of fused-ring (bicyclic) bond motifs is 2. The number of hydrogen-bond acceptors (Lipinski definition) is 5. The predicted octanol–water partition coefficient (Wildman–Crippen LogP) is 1.82. The minimum Gasteiger partial charge on any atom is -0.464 e. The summed E-state index contributed by atoms with van der Waals surface area (Å²) in [5, 5.41) is 23.0. The van der Waals surface area contributed by atoms with Crippen molar-refractivity contribution in [3.8, 4) is 0 Å². The second-order valence-corrected chi connectivity index (χ2v) is 6.43. The zero-order chi connectivity index (χ0) is 18.1. The van der Waals surface area contributed by atoms with Crippen molar-refractivity contribution in [3.05, 3.63) is 71.0 Å². The van der Waals surface area contributed by atoms with Crippen molar-refractivity contribution >= 4 is 24.0 Å². The van der Waals surface area contributed by atoms with E-state index in [1.807, 2.05) is 30.3 Å². The van der Waals surface area contributed by atoms with E-state index >= 15 is 0 Å². The van der Waals surface area contributed by atoms with E-state index in [0.717, 1.165) is 27.7 Å². The predicted molar refractivity (Wildman–Crippen MR) is 96.3 cm³/mol. The van der Waals surface area contributed by atoms with Gasteiger partial charge in [-0.05, 0) is 41.3 Å². The summed E-state index contributed by atoms with van der Waals surface area (Å²) in [6.07, 6.45) is 1.83. The number of nitrogens with one attached hydrogen (secondary N) is 1. The van der Waals surface area contributed by atoms with Crippen LogP contribution >= 0.6 is 0 Å². The zero-order valence-electron chi connectivity index (χ0n) is 14.0. The zero-order valence-corrected chi connectivity index (χ0v) is 14.0. The van der Waals surface area contributed by atoms with Gasteiger partial charge in [0.05, 0.1) is 25.4 Å². The summed E-state index contributed by atoms with van der Waals surface area (Å²) < 4.78 is 10.8. The van der Waals surface area contributed by atoms with Gasteiger partial charge in [-0.15, -0.1) is 0 Å². The molecule has 0 bridgehead atoms. The molecule has 1 aromatic heterocycles. The summed E-state index contributed by atoms with van der Waals surface area (Å²) in [4.78, 5) is 12.6. The van der Waals surface area contributed by atoms with E-state index < -0.39 is 13.1 Å². The summed E-state index contributed by atoms with van der Waals surface area (Å²) in [6, 6.07) is 12.9. The maximum atomic E-state index is 12.6. The lowest BCUT2D eigenvalue weighted by molar-refractivity contribution is 0.0942. The number of carbonyl (C=O) groups excluding carboxylic acids is 1. The molecule has 2 aromatic carbocycles. The highest BCUT2D eigenvalue weighted by Crippen LogP contribution is 2.23. The second kappa shape index (κ2) is 6.95. The highest BCUT2D eigenvalue weighted by atomic mass is 16.5. The molecule has 1 atom stereocenters. The van der Waals surface area contributed by atoms with E-state index in [2.05, 4.69) is 5.32 Å². The molecule has 4 rings (SSSR count). The van der Waals surface area contributed by atoms with Crippen LogP contribution in [0.1, 0.15) is 27.0 Å². The molecule has 0 radical (unpaired) electrons. The lowest BCUT2D eigenvalue weighted by atomic mass is 9.75. The van der Waals surface area contributed by atoms with E-state index in [9.17, 15) is 14.8 Å². The largest absolute Gasteiger partial charge is 0.475 e. The molecule has 0 aliphatic carbocycles. The van der Waals surface area contributed by atoms with Crippen LogP contribution in [0.4, 0.5) is 0 Å². The summed E-state index contributed by atoms with van der Waals surface area (Å²) in [6.45, 7) is 1.05. The van der Waals surface area contributed by atoms with Crippen molar-refractivity contribution in [2.24, 2.45) is 0 Å². The fourth-order valence-corrected chi connectivity index (χ4v) is 3.22. The van der Waals surface area contributed by atoms with Gasteiger partial charge in [0.2, 0.25) is 0 Å². The molecule has 3 aromatic rings. The number of ether oxygens (including phenoxy) is 1. The Morgan fingerprint density at radius 3 is 2.81 bits per heavy atom. The van der Waals surface area contributed by atoms with Gasteiger partial charge in [0.25, 0.3) is 5.91 Å². The molecule has 26 heavy (non-hydrogen) atoms. The quantitative estimate of drug-likeness (QED) is 0.610. The van der Waals surface area contributed by atoms with E-state index in [1.165, 1.54) is 0 Å². The minimum absolute atomic E-state index is 0.245. The van der Waals surface area contributed by atoms with E-state index in [-0.39, 0.29) is 12.3 Å². The lowest BCUT2D eigenvalue weighted by Gasteiger charge is -2.17. The first-order valence-corrected chi connectivity index (χ1v) is 8.43. The highest BCUT2D eigenvalue weighted by Gasteiger charge is 2.27. The molecule has 1 aliphatic rings. The molecule has 0 fully saturated rings. The molecule has 0 saturated heterocycles. The van der Waals surface area contributed by atoms with Crippen LogP contribution in [0.25, 0.3) is 11.0 Å². The third-order valence-corrected chi connectivity index (χ3v) is 4.66. The molecule has 0 unspecified atom stereocenters. The summed E-state index contributed by atoms with van der Waals surface area (Å²) in [5.41, 5.74) is 4.06. The van der Waals surface area contributed by atoms with Crippen LogP contribution in [0, 0.1) is 0 Å². The van der Waals surface area contributed by atoms with Crippen molar-refractivity contribution < 1.29 is 24.0 Å². The average molecular weight is 351 g/mol. The van der Waals surface area contributed by atoms with Crippen molar-refractivity contribution in [3.63, 3.8) is 0 Å². The van der Waals surface area contributed by atoms with Crippen LogP contribution in [0.2, 0.25) is 0 Å². The van der Waals surface area contributed by atoms with Crippen molar-refractivity contribution in [2.45, 2.75) is 25.6 Å². The number of hydrogen-bond donors (Lipinski definition) is 3. The number of para-hydroxylation sites is 1. The van der Waals surface area contributed by atoms with Crippen LogP contribution in [0.3, 0.4) is 0 Å². The number of amides is 1. The molecule has 2 heterocycles. The molecular formula is C19H18BNO5. The highest BCUT2D eigenvalue weighted by molar-refractivity contribution is 6.43. The molecule has 132 valence electrons. The van der Waals surface area contributed by atoms with Gasteiger partial charge in [0, 0.05) is 10.9 Å². The summed E-state index contributed by atoms with van der Waals surface area (Å²) in [5.74, 6) is -1.21. The lowest BCUT2D eigenvalue weighted by Crippen LogP contribution is -2.47. The fraction of sp³-hybridized carbons (Fsp3) is 0.211. The van der Waals surface area contributed by atoms with Gasteiger partial charge in [0.1, 0.15) is 5.58 Å². The average Bonchev–Trinajstić information content (AvgIpc) is 3.27. The molecule has 1 aliphatic heterocycles. The molecule has 0 spiro atoms. The van der Waals surface area contributed by atoms with Gasteiger partial charge in [0.15, 0.2) is 0 Å². The van der Waals surface area contributed by atoms with Crippen LogP contribution in [-0.4, -0.2) is 29.0 Å². The van der Waals surface area contributed by atoms with Crippen LogP contribution in [0.15, 0.2) is 53.1 Å². The van der Waals surface area contributed by atoms with Gasteiger partial charge in [-0.25, -0.2) is 0 Å². The minimum atomic E-state index is -1.69. The Hall–Kier alpha value is -2.61. The summed E-state index contributed by atoms with van der Waals surface area (Å²) >= 11 is 0. The summed E-state index contributed by atoms with van der Waals surface area (Å²) in [7, 11) is -1.69. The van der Waals surface area contributed by atoms with Gasteiger partial charge >= 0.3 is 7.12 Å². The van der Waals surface area contributed by atoms with Crippen molar-refractivity contribution in [1.82, 2.24) is 5.32 Å². The Morgan fingerprint density at radius 1 is 1.15 bits per heavy atom. The Kier molecular flexibility index (Phi) is 4.50. The Morgan fingerprint density at radius 2 is 1.96 bits per heavy atom. The molecular weight excluding hydrogens is 333 g/mol. The molecule has 0 saturated carbocycles.